The number of hydrogen-bond donors (Lipinski definition) is 1. The third kappa shape index (κ3) is 15.3. The van der Waals surface area contributed by atoms with Crippen LogP contribution in [0, 0.1) is 4.91 Å². The van der Waals surface area contributed by atoms with Crippen molar-refractivity contribution in [2.75, 3.05) is 6.54 Å². The summed E-state index contributed by atoms with van der Waals surface area (Å²) in [6.07, 6.45) is 16.5. The lowest BCUT2D eigenvalue weighted by atomic mass is 10.0. The molecule has 2 N–H and O–H groups in total. The predicted octanol–water partition coefficient (Wildman–Crippen LogP) is 4.70. The zero-order valence-corrected chi connectivity index (χ0v) is 12.9. The number of nitrogens with two attached hydrogens (primary N) is 1. The van der Waals surface area contributed by atoms with E-state index >= 15 is 0 Å². The second-order valence-electron chi connectivity index (χ2n) is 5.62. The molecular weight excluding hydrogens is 252 g/mol. The molecular formula is C16H32N2O2. The maximum absolute atomic E-state index is 10.6. The molecule has 0 rings (SSSR count). The molecule has 0 saturated heterocycles. The number of nitroso groups, excluding NO2 is 1. The van der Waals surface area contributed by atoms with Crippen molar-refractivity contribution in [3.05, 3.63) is 4.91 Å². The van der Waals surface area contributed by atoms with E-state index in [1.165, 1.54) is 70.6 Å². The molecule has 0 aliphatic heterocycles. The highest BCUT2D eigenvalue weighted by Crippen LogP contribution is 2.12. The van der Waals surface area contributed by atoms with Gasteiger partial charge in [0.15, 0.2) is 0 Å². The van der Waals surface area contributed by atoms with Crippen LogP contribution in [0.4, 0.5) is 0 Å². The molecule has 0 fully saturated rings. The van der Waals surface area contributed by atoms with Crippen molar-refractivity contribution in [1.29, 1.82) is 0 Å². The summed E-state index contributed by atoms with van der Waals surface area (Å²) in [5, 5.41) is 2.39. The smallest absolute Gasteiger partial charge is 0.286 e. The third-order valence-electron chi connectivity index (χ3n) is 3.70. The van der Waals surface area contributed by atoms with Crippen LogP contribution in [0.2, 0.25) is 0 Å². The molecule has 0 atom stereocenters. The fourth-order valence-corrected chi connectivity index (χ4v) is 2.41. The van der Waals surface area contributed by atoms with Crippen molar-refractivity contribution in [2.24, 2.45) is 10.9 Å². The molecule has 0 unspecified atom stereocenters. The van der Waals surface area contributed by atoms with E-state index in [4.69, 9.17) is 5.73 Å². The van der Waals surface area contributed by atoms with Gasteiger partial charge >= 0.3 is 0 Å². The fraction of sp³-hybridized carbons (Fsp3) is 0.938. The number of carbonyl (C=O) groups excluding carboxylic acids is 1. The van der Waals surface area contributed by atoms with Gasteiger partial charge in [0.25, 0.3) is 5.91 Å². The average Bonchev–Trinajstić information content (AvgIpc) is 2.47. The molecule has 4 nitrogen and oxygen atoms in total. The summed E-state index contributed by atoms with van der Waals surface area (Å²) in [7, 11) is 0. The summed E-state index contributed by atoms with van der Waals surface area (Å²) >= 11 is 0. The molecule has 20 heavy (non-hydrogen) atoms. The minimum absolute atomic E-state index is 0.327. The lowest BCUT2D eigenvalue weighted by molar-refractivity contribution is -0.118. The molecule has 118 valence electrons. The van der Waals surface area contributed by atoms with Crippen molar-refractivity contribution < 1.29 is 4.79 Å². The van der Waals surface area contributed by atoms with Crippen molar-refractivity contribution in [2.45, 2.75) is 89.9 Å². The Morgan fingerprint density at radius 2 is 1.00 bits per heavy atom. The van der Waals surface area contributed by atoms with Gasteiger partial charge in [0.2, 0.25) is 0 Å². The molecule has 0 aromatic heterocycles. The fourth-order valence-electron chi connectivity index (χ4n) is 2.41. The first kappa shape index (κ1) is 19.2. The lowest BCUT2D eigenvalue weighted by Gasteiger charge is -2.02. The van der Waals surface area contributed by atoms with Crippen LogP contribution >= 0.6 is 0 Å². The van der Waals surface area contributed by atoms with Gasteiger partial charge in [-0.1, -0.05) is 70.6 Å². The van der Waals surface area contributed by atoms with Gasteiger partial charge in [-0.2, -0.15) is 0 Å². The van der Waals surface area contributed by atoms with Gasteiger partial charge in [0, 0.05) is 11.6 Å². The molecule has 1 amide bonds. The van der Waals surface area contributed by atoms with Gasteiger partial charge in [-0.3, -0.25) is 4.79 Å². The first-order chi connectivity index (χ1) is 9.81. The van der Waals surface area contributed by atoms with Gasteiger partial charge in [-0.25, -0.2) is 0 Å². The molecule has 0 aromatic carbocycles. The molecule has 0 aliphatic carbocycles. The number of amides is 1. The average molecular weight is 284 g/mol. The summed E-state index contributed by atoms with van der Waals surface area (Å²) in [5.41, 5.74) is 5.45. The highest BCUT2D eigenvalue weighted by molar-refractivity contribution is 5.76. The van der Waals surface area contributed by atoms with E-state index in [0.717, 1.165) is 19.4 Å². The quantitative estimate of drug-likeness (QED) is 0.350. The van der Waals surface area contributed by atoms with Crippen molar-refractivity contribution in [3.63, 3.8) is 0 Å². The van der Waals surface area contributed by atoms with Crippen LogP contribution in [0.5, 0.6) is 0 Å². The van der Waals surface area contributed by atoms with Gasteiger partial charge in [-0.15, -0.1) is 4.91 Å². The minimum atomic E-state index is -0.503. The van der Waals surface area contributed by atoms with E-state index in [2.05, 4.69) is 5.18 Å². The predicted molar refractivity (Wildman–Crippen MR) is 84.5 cm³/mol. The van der Waals surface area contributed by atoms with E-state index in [0.29, 0.717) is 6.42 Å². The summed E-state index contributed by atoms with van der Waals surface area (Å²) in [5.74, 6) is -0.503. The second kappa shape index (κ2) is 16.3. The van der Waals surface area contributed by atoms with E-state index in [1.807, 2.05) is 0 Å². The topological polar surface area (TPSA) is 72.5 Å². The normalized spacial score (nSPS) is 10.7. The van der Waals surface area contributed by atoms with Crippen molar-refractivity contribution in [3.8, 4) is 0 Å². The first-order valence-electron chi connectivity index (χ1n) is 8.37. The van der Waals surface area contributed by atoms with E-state index in [-0.39, 0.29) is 0 Å². The Kier molecular flexibility index (Phi) is 15.7. The zero-order chi connectivity index (χ0) is 14.9. The SMILES string of the molecule is NCCCCCCCCCCCCCCCC(=O)N=O. The molecule has 4 heteroatoms. The Bertz CT molecular complexity index is 233. The Hall–Kier alpha value is -0.770. The summed E-state index contributed by atoms with van der Waals surface area (Å²) in [4.78, 5) is 20.5. The minimum Gasteiger partial charge on any atom is -0.330 e. The number of carbonyl (C=O) groups is 1. The molecule has 0 saturated carbocycles. The largest absolute Gasteiger partial charge is 0.330 e. The van der Waals surface area contributed by atoms with Gasteiger partial charge < -0.3 is 5.73 Å². The highest BCUT2D eigenvalue weighted by atomic mass is 16.3. The van der Waals surface area contributed by atoms with Crippen LogP contribution in [-0.2, 0) is 4.79 Å². The number of rotatable bonds is 15. The van der Waals surface area contributed by atoms with Crippen LogP contribution in [0.1, 0.15) is 89.9 Å². The highest BCUT2D eigenvalue weighted by Gasteiger charge is 1.99. The number of unbranched alkanes of at least 4 members (excludes halogenated alkanes) is 12. The zero-order valence-electron chi connectivity index (χ0n) is 12.9. The van der Waals surface area contributed by atoms with Crippen LogP contribution in [0.15, 0.2) is 5.18 Å². The van der Waals surface area contributed by atoms with Gasteiger partial charge in [0.1, 0.15) is 0 Å². The summed E-state index contributed by atoms with van der Waals surface area (Å²) in [6, 6.07) is 0. The standard InChI is InChI=1S/C16H32N2O2/c17-15-13-11-9-7-5-3-1-2-4-6-8-10-12-14-16(19)18-20/h1-15,17H2. The maximum Gasteiger partial charge on any atom is 0.286 e. The van der Waals surface area contributed by atoms with Crippen LogP contribution in [-0.4, -0.2) is 12.5 Å². The third-order valence-corrected chi connectivity index (χ3v) is 3.70. The monoisotopic (exact) mass is 284 g/mol. The van der Waals surface area contributed by atoms with E-state index in [1.54, 1.807) is 0 Å². The Morgan fingerprint density at radius 3 is 1.35 bits per heavy atom. The van der Waals surface area contributed by atoms with E-state index in [9.17, 15) is 9.70 Å². The molecule has 0 aromatic rings. The summed E-state index contributed by atoms with van der Waals surface area (Å²) in [6.45, 7) is 0.833. The first-order valence-corrected chi connectivity index (χ1v) is 8.37. The Balaban J connectivity index is 2.99. The number of hydrogen-bond acceptors (Lipinski definition) is 3. The van der Waals surface area contributed by atoms with Gasteiger partial charge in [0.05, 0.1) is 0 Å². The summed E-state index contributed by atoms with van der Waals surface area (Å²) < 4.78 is 0. The van der Waals surface area contributed by atoms with Gasteiger partial charge in [-0.05, 0) is 19.4 Å². The van der Waals surface area contributed by atoms with Crippen molar-refractivity contribution in [1.82, 2.24) is 0 Å². The van der Waals surface area contributed by atoms with Crippen LogP contribution in [0.3, 0.4) is 0 Å². The number of nitrogens with zero attached hydrogens (tertiary/aromatic N) is 1. The molecule has 0 aliphatic rings. The van der Waals surface area contributed by atoms with Crippen molar-refractivity contribution >= 4 is 5.91 Å². The van der Waals surface area contributed by atoms with Crippen LogP contribution < -0.4 is 5.73 Å². The Morgan fingerprint density at radius 1 is 0.650 bits per heavy atom. The maximum atomic E-state index is 10.6. The Labute approximate surface area is 123 Å². The lowest BCUT2D eigenvalue weighted by Crippen LogP contribution is -1.97. The molecule has 0 radical (unpaired) electrons. The molecule has 0 bridgehead atoms. The van der Waals surface area contributed by atoms with E-state index < -0.39 is 5.91 Å². The van der Waals surface area contributed by atoms with Crippen LogP contribution in [0.25, 0.3) is 0 Å². The second-order valence-corrected chi connectivity index (χ2v) is 5.62. The molecule has 0 spiro atoms. The molecule has 0 heterocycles.